The Labute approximate surface area is 129 Å². The van der Waals surface area contributed by atoms with Crippen LogP contribution < -0.4 is 11.2 Å². The van der Waals surface area contributed by atoms with Crippen molar-refractivity contribution in [1.29, 1.82) is 0 Å². The molecule has 126 valence electrons. The largest absolute Gasteiger partial charge is 0.393 e. The Balaban J connectivity index is 2.24. The van der Waals surface area contributed by atoms with Gasteiger partial charge in [0.15, 0.2) is 11.7 Å². The van der Waals surface area contributed by atoms with Gasteiger partial charge in [0.1, 0.15) is 22.5 Å². The summed E-state index contributed by atoms with van der Waals surface area (Å²) < 4.78 is 6.95. The van der Waals surface area contributed by atoms with Crippen LogP contribution in [0.4, 0.5) is 0 Å². The van der Waals surface area contributed by atoms with E-state index in [9.17, 15) is 24.9 Å². The Bertz CT molecular complexity index is 878. The maximum Gasteiger partial charge on any atom is 0.327 e. The molecule has 10 heteroatoms. The Hall–Kier alpha value is -2.01. The Morgan fingerprint density at radius 2 is 1.96 bits per heavy atom. The summed E-state index contributed by atoms with van der Waals surface area (Å²) in [6.07, 6.45) is 0.0332. The standard InChI is InChI=1S/C13H18N4O6/c1-11(4-18)13(3,22)12(2,21)9(23-11)17-5-14-6-7(17)15-10(20)16-8(6)19/h5,9,18,21-22H,4H2,1-3H3,(H2,15,16,19,20)/t9-,11-,12?,13+/m1/s1. The molecule has 2 aromatic rings. The average Bonchev–Trinajstić information content (AvgIpc) is 2.92. The molecule has 1 aliphatic rings. The van der Waals surface area contributed by atoms with Gasteiger partial charge >= 0.3 is 5.69 Å². The van der Waals surface area contributed by atoms with Crippen LogP contribution >= 0.6 is 0 Å². The number of aliphatic hydroxyl groups excluding tert-OH is 1. The molecule has 0 amide bonds. The average molecular weight is 326 g/mol. The summed E-state index contributed by atoms with van der Waals surface area (Å²) in [5, 5.41) is 31.1. The topological polar surface area (TPSA) is 153 Å². The number of aromatic nitrogens is 4. The van der Waals surface area contributed by atoms with Crippen molar-refractivity contribution < 1.29 is 20.1 Å². The van der Waals surface area contributed by atoms with Gasteiger partial charge in [-0.05, 0) is 20.8 Å². The van der Waals surface area contributed by atoms with Crippen LogP contribution in [-0.2, 0) is 4.74 Å². The van der Waals surface area contributed by atoms with E-state index in [0.29, 0.717) is 0 Å². The zero-order chi connectivity index (χ0) is 17.2. The Morgan fingerprint density at radius 1 is 1.30 bits per heavy atom. The van der Waals surface area contributed by atoms with Gasteiger partial charge in [-0.15, -0.1) is 0 Å². The number of H-pyrrole nitrogens is 2. The number of ether oxygens (including phenoxy) is 1. The van der Waals surface area contributed by atoms with Crippen molar-refractivity contribution in [1.82, 2.24) is 19.5 Å². The second kappa shape index (κ2) is 4.51. The highest BCUT2D eigenvalue weighted by Crippen LogP contribution is 2.51. The second-order valence-electron chi connectivity index (χ2n) is 6.34. The zero-order valence-corrected chi connectivity index (χ0v) is 12.8. The molecule has 0 aromatic carbocycles. The van der Waals surface area contributed by atoms with Crippen molar-refractivity contribution >= 4 is 11.2 Å². The number of hydrogen-bond acceptors (Lipinski definition) is 7. The van der Waals surface area contributed by atoms with Gasteiger partial charge in [-0.2, -0.15) is 0 Å². The summed E-state index contributed by atoms with van der Waals surface area (Å²) in [6, 6.07) is 0. The number of aliphatic hydroxyl groups is 3. The van der Waals surface area contributed by atoms with Crippen molar-refractivity contribution in [2.75, 3.05) is 6.61 Å². The smallest absolute Gasteiger partial charge is 0.327 e. The molecule has 4 atom stereocenters. The van der Waals surface area contributed by atoms with E-state index >= 15 is 0 Å². The normalized spacial score (nSPS) is 37.6. The molecule has 0 spiro atoms. The molecule has 5 N–H and O–H groups in total. The third-order valence-corrected chi connectivity index (χ3v) is 4.89. The second-order valence-corrected chi connectivity index (χ2v) is 6.34. The SMILES string of the molecule is CC1(O)[C@H](n2cnc3c(=O)[nH]c(=O)[nH]c32)O[C@](C)(CO)[C@]1(C)O. The minimum absolute atomic E-state index is 0.0405. The van der Waals surface area contributed by atoms with Gasteiger partial charge in [0.05, 0.1) is 12.9 Å². The summed E-state index contributed by atoms with van der Waals surface area (Å²) in [5.74, 6) is 0. The van der Waals surface area contributed by atoms with Crippen molar-refractivity contribution in [2.24, 2.45) is 0 Å². The highest BCUT2D eigenvalue weighted by Gasteiger charge is 2.67. The monoisotopic (exact) mass is 326 g/mol. The first-order chi connectivity index (χ1) is 10.5. The highest BCUT2D eigenvalue weighted by molar-refractivity contribution is 5.69. The number of nitrogens with zero attached hydrogens (tertiary/aromatic N) is 2. The quantitative estimate of drug-likeness (QED) is 0.436. The molecule has 1 unspecified atom stereocenters. The van der Waals surface area contributed by atoms with Crippen molar-refractivity contribution in [3.05, 3.63) is 27.2 Å². The van der Waals surface area contributed by atoms with E-state index in [0.717, 1.165) is 0 Å². The molecule has 3 heterocycles. The van der Waals surface area contributed by atoms with Crippen molar-refractivity contribution in [2.45, 2.75) is 43.8 Å². The van der Waals surface area contributed by atoms with Crippen LogP contribution in [0.25, 0.3) is 11.2 Å². The molecule has 3 rings (SSSR count). The molecule has 2 aromatic heterocycles. The minimum Gasteiger partial charge on any atom is -0.393 e. The third kappa shape index (κ3) is 1.86. The van der Waals surface area contributed by atoms with E-state index in [2.05, 4.69) is 9.97 Å². The number of nitrogens with one attached hydrogen (secondary N) is 2. The van der Waals surface area contributed by atoms with Gasteiger partial charge in [0, 0.05) is 0 Å². The van der Waals surface area contributed by atoms with Crippen LogP contribution in [0, 0.1) is 0 Å². The van der Waals surface area contributed by atoms with E-state index < -0.39 is 40.9 Å². The molecule has 1 saturated heterocycles. The number of aromatic amines is 2. The molecular formula is C13H18N4O6. The molecule has 0 radical (unpaired) electrons. The van der Waals surface area contributed by atoms with Crippen molar-refractivity contribution in [3.8, 4) is 0 Å². The summed E-state index contributed by atoms with van der Waals surface area (Å²) in [5.41, 5.74) is -6.52. The van der Waals surface area contributed by atoms with Gasteiger partial charge in [-0.3, -0.25) is 19.3 Å². The zero-order valence-electron chi connectivity index (χ0n) is 12.8. The van der Waals surface area contributed by atoms with Crippen LogP contribution in [0.15, 0.2) is 15.9 Å². The fourth-order valence-electron chi connectivity index (χ4n) is 2.90. The fraction of sp³-hybridized carbons (Fsp3) is 0.615. The van der Waals surface area contributed by atoms with Crippen LogP contribution in [0.1, 0.15) is 27.0 Å². The lowest BCUT2D eigenvalue weighted by Gasteiger charge is -2.39. The predicted molar refractivity (Wildman–Crippen MR) is 77.8 cm³/mol. The number of rotatable bonds is 2. The molecule has 0 aliphatic carbocycles. The van der Waals surface area contributed by atoms with Crippen LogP contribution in [0.3, 0.4) is 0 Å². The van der Waals surface area contributed by atoms with Crippen LogP contribution in [0.2, 0.25) is 0 Å². The number of hydrogen-bond donors (Lipinski definition) is 5. The van der Waals surface area contributed by atoms with Gasteiger partial charge in [0.2, 0.25) is 0 Å². The minimum atomic E-state index is -1.84. The van der Waals surface area contributed by atoms with Gasteiger partial charge in [-0.25, -0.2) is 9.78 Å². The van der Waals surface area contributed by atoms with E-state index in [1.807, 2.05) is 4.98 Å². The number of imidazole rings is 1. The summed E-state index contributed by atoms with van der Waals surface area (Å²) in [4.78, 5) is 31.6. The van der Waals surface area contributed by atoms with Gasteiger partial charge in [0.25, 0.3) is 5.56 Å². The van der Waals surface area contributed by atoms with Gasteiger partial charge in [-0.1, -0.05) is 0 Å². The molecular weight excluding hydrogens is 308 g/mol. The Kier molecular flexibility index (Phi) is 3.11. The maximum atomic E-state index is 11.8. The van der Waals surface area contributed by atoms with E-state index in [-0.39, 0.29) is 11.2 Å². The summed E-state index contributed by atoms with van der Waals surface area (Å²) >= 11 is 0. The van der Waals surface area contributed by atoms with Crippen LogP contribution in [-0.4, -0.2) is 58.2 Å². The van der Waals surface area contributed by atoms with Crippen LogP contribution in [0.5, 0.6) is 0 Å². The molecule has 1 fully saturated rings. The van der Waals surface area contributed by atoms with E-state index in [4.69, 9.17) is 4.74 Å². The lowest BCUT2D eigenvalue weighted by atomic mass is 9.76. The highest BCUT2D eigenvalue weighted by atomic mass is 16.6. The Morgan fingerprint density at radius 3 is 2.52 bits per heavy atom. The molecule has 0 bridgehead atoms. The molecule has 23 heavy (non-hydrogen) atoms. The number of fused-ring (bicyclic) bond motifs is 1. The van der Waals surface area contributed by atoms with Crippen molar-refractivity contribution in [3.63, 3.8) is 0 Å². The third-order valence-electron chi connectivity index (χ3n) is 4.89. The fourth-order valence-corrected chi connectivity index (χ4v) is 2.90. The molecule has 1 aliphatic heterocycles. The maximum absolute atomic E-state index is 11.8. The first-order valence-electron chi connectivity index (χ1n) is 6.98. The molecule has 10 nitrogen and oxygen atoms in total. The summed E-state index contributed by atoms with van der Waals surface area (Å²) in [6.45, 7) is 3.60. The van der Waals surface area contributed by atoms with E-state index in [1.54, 1.807) is 0 Å². The molecule has 0 saturated carbocycles. The van der Waals surface area contributed by atoms with Gasteiger partial charge < -0.3 is 20.1 Å². The first-order valence-corrected chi connectivity index (χ1v) is 6.98. The first kappa shape index (κ1) is 15.9. The lowest BCUT2D eigenvalue weighted by molar-refractivity contribution is -0.162. The predicted octanol–water partition coefficient (Wildman–Crippen LogP) is -1.81. The lowest BCUT2D eigenvalue weighted by Crippen LogP contribution is -2.60. The van der Waals surface area contributed by atoms with E-state index in [1.165, 1.54) is 31.7 Å². The summed E-state index contributed by atoms with van der Waals surface area (Å²) in [7, 11) is 0.